The highest BCUT2D eigenvalue weighted by Crippen LogP contribution is 2.22. The summed E-state index contributed by atoms with van der Waals surface area (Å²) in [5, 5.41) is 9.74. The monoisotopic (exact) mass is 406 g/mol. The molecule has 0 aliphatic carbocycles. The number of aromatic nitrogens is 4. The van der Waals surface area contributed by atoms with Crippen molar-refractivity contribution in [1.82, 2.24) is 25.2 Å². The molecule has 1 amide bonds. The zero-order valence-corrected chi connectivity index (χ0v) is 16.4. The summed E-state index contributed by atoms with van der Waals surface area (Å²) >= 11 is 0. The standard InChI is InChI=1S/C24H18N6O/c31-24(21-15-26-22-11-5-4-10-20(21)22)28-27-14-18-16-30(19-8-2-1-3-9-19)29-23(18)17-7-6-12-25-13-17/h1-16,26H,(H,28,31)/b27-14-. The minimum Gasteiger partial charge on any atom is -0.360 e. The van der Waals surface area contributed by atoms with E-state index in [-0.39, 0.29) is 5.91 Å². The quantitative estimate of drug-likeness (QED) is 0.339. The van der Waals surface area contributed by atoms with Gasteiger partial charge in [-0.2, -0.15) is 10.2 Å². The van der Waals surface area contributed by atoms with Crippen LogP contribution in [0.4, 0.5) is 0 Å². The van der Waals surface area contributed by atoms with Crippen LogP contribution in [-0.4, -0.2) is 31.9 Å². The first-order valence-corrected chi connectivity index (χ1v) is 9.74. The van der Waals surface area contributed by atoms with Crippen LogP contribution in [0.2, 0.25) is 0 Å². The van der Waals surface area contributed by atoms with Gasteiger partial charge in [0.1, 0.15) is 5.69 Å². The first-order valence-electron chi connectivity index (χ1n) is 9.74. The number of aromatic amines is 1. The summed E-state index contributed by atoms with van der Waals surface area (Å²) in [4.78, 5) is 19.9. The second-order valence-electron chi connectivity index (χ2n) is 6.90. The number of amides is 1. The minimum atomic E-state index is -0.285. The van der Waals surface area contributed by atoms with E-state index in [9.17, 15) is 4.79 Å². The van der Waals surface area contributed by atoms with Gasteiger partial charge < -0.3 is 4.98 Å². The summed E-state index contributed by atoms with van der Waals surface area (Å²) in [5.41, 5.74) is 7.33. The molecule has 7 heteroatoms. The lowest BCUT2D eigenvalue weighted by Crippen LogP contribution is -2.17. The summed E-state index contributed by atoms with van der Waals surface area (Å²) in [6, 6.07) is 21.2. The second kappa shape index (κ2) is 8.08. The van der Waals surface area contributed by atoms with Gasteiger partial charge in [0.15, 0.2) is 0 Å². The van der Waals surface area contributed by atoms with E-state index in [2.05, 4.69) is 20.5 Å². The number of pyridine rings is 1. The first kappa shape index (κ1) is 18.5. The van der Waals surface area contributed by atoms with Crippen molar-refractivity contribution >= 4 is 23.0 Å². The predicted octanol–water partition coefficient (Wildman–Crippen LogP) is 4.18. The van der Waals surface area contributed by atoms with Crippen LogP contribution in [0.1, 0.15) is 15.9 Å². The summed E-state index contributed by atoms with van der Waals surface area (Å²) in [7, 11) is 0. The van der Waals surface area contributed by atoms with E-state index in [0.717, 1.165) is 33.4 Å². The van der Waals surface area contributed by atoms with Gasteiger partial charge in [0.25, 0.3) is 5.91 Å². The number of nitrogens with zero attached hydrogens (tertiary/aromatic N) is 4. The van der Waals surface area contributed by atoms with E-state index in [1.807, 2.05) is 72.9 Å². The third kappa shape index (κ3) is 3.72. The van der Waals surface area contributed by atoms with Gasteiger partial charge in [-0.05, 0) is 30.3 Å². The minimum absolute atomic E-state index is 0.285. The smallest absolute Gasteiger partial charge is 0.273 e. The van der Waals surface area contributed by atoms with Gasteiger partial charge in [-0.15, -0.1) is 0 Å². The molecule has 0 fully saturated rings. The number of benzene rings is 2. The zero-order valence-electron chi connectivity index (χ0n) is 16.4. The number of hydrazone groups is 1. The number of para-hydroxylation sites is 2. The zero-order chi connectivity index (χ0) is 21.0. The lowest BCUT2D eigenvalue weighted by molar-refractivity contribution is 0.0957. The van der Waals surface area contributed by atoms with Crippen molar-refractivity contribution in [2.24, 2.45) is 5.10 Å². The predicted molar refractivity (Wildman–Crippen MR) is 120 cm³/mol. The molecule has 0 radical (unpaired) electrons. The van der Waals surface area contributed by atoms with Crippen LogP contribution in [0.25, 0.3) is 27.8 Å². The van der Waals surface area contributed by atoms with Gasteiger partial charge in [-0.1, -0.05) is 36.4 Å². The molecule has 2 aromatic carbocycles. The molecule has 0 aliphatic heterocycles. The first-order chi connectivity index (χ1) is 15.3. The number of hydrogen-bond acceptors (Lipinski definition) is 4. The molecule has 3 aromatic heterocycles. The molecule has 0 saturated carbocycles. The summed E-state index contributed by atoms with van der Waals surface area (Å²) in [6.07, 6.45) is 8.62. The Labute approximate surface area is 178 Å². The van der Waals surface area contributed by atoms with Crippen LogP contribution >= 0.6 is 0 Å². The van der Waals surface area contributed by atoms with E-state index in [0.29, 0.717) is 5.56 Å². The van der Waals surface area contributed by atoms with Crippen LogP contribution < -0.4 is 5.43 Å². The maximum atomic E-state index is 12.6. The SMILES string of the molecule is O=C(N/N=C\c1cn(-c2ccccc2)nc1-c1cccnc1)c1c[nH]c2ccccc12. The third-order valence-electron chi connectivity index (χ3n) is 4.90. The van der Waals surface area contributed by atoms with Gasteiger partial charge >= 0.3 is 0 Å². The number of carbonyl (C=O) groups is 1. The summed E-state index contributed by atoms with van der Waals surface area (Å²) < 4.78 is 1.78. The average molecular weight is 406 g/mol. The van der Waals surface area contributed by atoms with Gasteiger partial charge in [-0.3, -0.25) is 9.78 Å². The number of hydrogen-bond donors (Lipinski definition) is 2. The van der Waals surface area contributed by atoms with Gasteiger partial charge in [0.05, 0.1) is 17.5 Å². The molecule has 3 heterocycles. The van der Waals surface area contributed by atoms with Gasteiger partial charge in [-0.25, -0.2) is 10.1 Å². The molecule has 0 atom stereocenters. The lowest BCUT2D eigenvalue weighted by atomic mass is 10.1. The summed E-state index contributed by atoms with van der Waals surface area (Å²) in [6.45, 7) is 0. The van der Waals surface area contributed by atoms with Gasteiger partial charge in [0, 0.05) is 46.8 Å². The molecule has 5 rings (SSSR count). The van der Waals surface area contributed by atoms with Crippen molar-refractivity contribution in [2.45, 2.75) is 0 Å². The third-order valence-corrected chi connectivity index (χ3v) is 4.90. The number of fused-ring (bicyclic) bond motifs is 1. The van der Waals surface area contributed by atoms with Crippen molar-refractivity contribution in [3.8, 4) is 16.9 Å². The van der Waals surface area contributed by atoms with Crippen molar-refractivity contribution in [1.29, 1.82) is 0 Å². The molecule has 0 unspecified atom stereocenters. The highest BCUT2D eigenvalue weighted by Gasteiger charge is 2.13. The van der Waals surface area contributed by atoms with Crippen molar-refractivity contribution in [2.75, 3.05) is 0 Å². The largest absolute Gasteiger partial charge is 0.360 e. The van der Waals surface area contributed by atoms with Crippen LogP contribution in [0, 0.1) is 0 Å². The molecule has 31 heavy (non-hydrogen) atoms. The molecule has 0 bridgehead atoms. The molecule has 0 aliphatic rings. The Balaban J connectivity index is 1.44. The normalized spacial score (nSPS) is 11.2. The van der Waals surface area contributed by atoms with Gasteiger partial charge in [0.2, 0.25) is 0 Å². The second-order valence-corrected chi connectivity index (χ2v) is 6.90. The number of carbonyl (C=O) groups excluding carboxylic acids is 1. The van der Waals surface area contributed by atoms with Crippen LogP contribution in [0.15, 0.2) is 96.6 Å². The Kier molecular flexibility index (Phi) is 4.82. The van der Waals surface area contributed by atoms with E-state index in [1.54, 1.807) is 29.5 Å². The highest BCUT2D eigenvalue weighted by molar-refractivity contribution is 6.06. The molecular weight excluding hydrogens is 388 g/mol. The lowest BCUT2D eigenvalue weighted by Gasteiger charge is -2.00. The number of rotatable bonds is 5. The van der Waals surface area contributed by atoms with Crippen LogP contribution in [0.3, 0.4) is 0 Å². The average Bonchev–Trinajstić information content (AvgIpc) is 3.45. The Hall–Kier alpha value is -4.52. The van der Waals surface area contributed by atoms with Crippen molar-refractivity contribution in [3.63, 3.8) is 0 Å². The Bertz CT molecular complexity index is 1370. The maximum Gasteiger partial charge on any atom is 0.273 e. The Morgan fingerprint density at radius 3 is 2.71 bits per heavy atom. The molecule has 5 aromatic rings. The molecule has 2 N–H and O–H groups in total. The number of nitrogens with one attached hydrogen (secondary N) is 2. The topological polar surface area (TPSA) is 88.0 Å². The fraction of sp³-hybridized carbons (Fsp3) is 0. The molecule has 7 nitrogen and oxygen atoms in total. The van der Waals surface area contributed by atoms with E-state index < -0.39 is 0 Å². The Morgan fingerprint density at radius 2 is 1.87 bits per heavy atom. The van der Waals surface area contributed by atoms with Crippen molar-refractivity contribution < 1.29 is 4.79 Å². The van der Waals surface area contributed by atoms with Crippen LogP contribution in [0.5, 0.6) is 0 Å². The fourth-order valence-electron chi connectivity index (χ4n) is 3.40. The van der Waals surface area contributed by atoms with Crippen molar-refractivity contribution in [3.05, 3.63) is 103 Å². The summed E-state index contributed by atoms with van der Waals surface area (Å²) in [5.74, 6) is -0.285. The van der Waals surface area contributed by atoms with E-state index in [1.165, 1.54) is 0 Å². The highest BCUT2D eigenvalue weighted by atomic mass is 16.2. The molecular formula is C24H18N6O. The molecule has 0 saturated heterocycles. The maximum absolute atomic E-state index is 12.6. The fourth-order valence-corrected chi connectivity index (χ4v) is 3.40. The molecule has 0 spiro atoms. The van der Waals surface area contributed by atoms with E-state index in [4.69, 9.17) is 5.10 Å². The Morgan fingerprint density at radius 1 is 1.03 bits per heavy atom. The van der Waals surface area contributed by atoms with E-state index >= 15 is 0 Å². The molecule has 150 valence electrons. The van der Waals surface area contributed by atoms with Crippen LogP contribution in [-0.2, 0) is 0 Å². The number of H-pyrrole nitrogens is 1.